The fraction of sp³-hybridized carbons (Fsp3) is 0.0714. The Labute approximate surface area is 121 Å². The molecular formula is C14H8F4N4. The van der Waals surface area contributed by atoms with Crippen LogP contribution in [0.4, 0.5) is 29.1 Å². The average molecular weight is 308 g/mol. The summed E-state index contributed by atoms with van der Waals surface area (Å²) in [5, 5.41) is 3.07. The molecule has 2 aromatic heterocycles. The largest absolute Gasteiger partial charge is 0.416 e. The first-order chi connectivity index (χ1) is 10.4. The second-order valence-corrected chi connectivity index (χ2v) is 4.45. The van der Waals surface area contributed by atoms with E-state index in [2.05, 4.69) is 20.3 Å². The fourth-order valence-electron chi connectivity index (χ4n) is 1.94. The van der Waals surface area contributed by atoms with Crippen molar-refractivity contribution >= 4 is 22.4 Å². The van der Waals surface area contributed by atoms with E-state index in [0.29, 0.717) is 10.9 Å². The first-order valence-corrected chi connectivity index (χ1v) is 6.14. The summed E-state index contributed by atoms with van der Waals surface area (Å²) in [6, 6.07) is 5.76. The van der Waals surface area contributed by atoms with Crippen molar-refractivity contribution < 1.29 is 17.6 Å². The van der Waals surface area contributed by atoms with Gasteiger partial charge in [0.25, 0.3) is 0 Å². The highest BCUT2D eigenvalue weighted by molar-refractivity contribution is 5.89. The molecule has 0 aliphatic carbocycles. The highest BCUT2D eigenvalue weighted by Gasteiger charge is 2.30. The van der Waals surface area contributed by atoms with Crippen LogP contribution in [0.3, 0.4) is 0 Å². The number of halogens is 4. The summed E-state index contributed by atoms with van der Waals surface area (Å²) in [4.78, 5) is 11.3. The van der Waals surface area contributed by atoms with Crippen LogP contribution in [0.5, 0.6) is 0 Å². The number of alkyl halides is 3. The van der Waals surface area contributed by atoms with Crippen LogP contribution in [-0.2, 0) is 6.18 Å². The molecule has 0 aliphatic rings. The highest BCUT2D eigenvalue weighted by atomic mass is 19.4. The Morgan fingerprint density at radius 3 is 2.59 bits per heavy atom. The summed E-state index contributed by atoms with van der Waals surface area (Å²) in [7, 11) is 0. The van der Waals surface area contributed by atoms with E-state index in [1.165, 1.54) is 24.7 Å². The predicted octanol–water partition coefficient (Wildman–Crippen LogP) is 3.93. The van der Waals surface area contributed by atoms with Crippen molar-refractivity contribution in [2.24, 2.45) is 0 Å². The van der Waals surface area contributed by atoms with Gasteiger partial charge < -0.3 is 5.32 Å². The van der Waals surface area contributed by atoms with E-state index in [1.54, 1.807) is 0 Å². The lowest BCUT2D eigenvalue weighted by atomic mass is 10.2. The first-order valence-electron chi connectivity index (χ1n) is 6.14. The van der Waals surface area contributed by atoms with Gasteiger partial charge in [-0.1, -0.05) is 6.07 Å². The van der Waals surface area contributed by atoms with E-state index in [9.17, 15) is 17.6 Å². The Kier molecular flexibility index (Phi) is 3.36. The quantitative estimate of drug-likeness (QED) is 0.576. The Morgan fingerprint density at radius 2 is 1.82 bits per heavy atom. The molecule has 22 heavy (non-hydrogen) atoms. The van der Waals surface area contributed by atoms with Gasteiger partial charge in [-0.05, 0) is 18.2 Å². The minimum absolute atomic E-state index is 0.187. The smallest absolute Gasteiger partial charge is 0.340 e. The number of rotatable bonds is 2. The first kappa shape index (κ1) is 14.2. The monoisotopic (exact) mass is 308 g/mol. The topological polar surface area (TPSA) is 50.7 Å². The Hall–Kier alpha value is -2.77. The van der Waals surface area contributed by atoms with E-state index in [4.69, 9.17) is 0 Å². The number of benzene rings is 1. The highest BCUT2D eigenvalue weighted by Crippen LogP contribution is 2.31. The molecule has 0 amide bonds. The molecule has 8 heteroatoms. The number of nitrogens with one attached hydrogen (secondary N) is 1. The van der Waals surface area contributed by atoms with Crippen molar-refractivity contribution in [1.29, 1.82) is 0 Å². The van der Waals surface area contributed by atoms with Crippen LogP contribution in [0.15, 0.2) is 42.9 Å². The standard InChI is InChI=1S/C14H8F4N4/c15-12-5-10-11(6-19-12)20-7-21-13(10)22-9-3-1-2-8(4-9)14(16,17)18/h1-7H,(H,20,21,22). The van der Waals surface area contributed by atoms with Crippen LogP contribution >= 0.6 is 0 Å². The molecule has 0 atom stereocenters. The molecule has 0 unspecified atom stereocenters. The maximum Gasteiger partial charge on any atom is 0.416 e. The summed E-state index contributed by atoms with van der Waals surface area (Å²) < 4.78 is 51.3. The maximum atomic E-state index is 13.2. The van der Waals surface area contributed by atoms with Crippen LogP contribution in [0, 0.1) is 5.95 Å². The summed E-state index contributed by atoms with van der Waals surface area (Å²) in [6.07, 6.45) is -2.00. The third-order valence-electron chi connectivity index (χ3n) is 2.94. The number of aromatic nitrogens is 3. The van der Waals surface area contributed by atoms with Crippen molar-refractivity contribution in [2.75, 3.05) is 5.32 Å². The Balaban J connectivity index is 2.02. The molecule has 4 nitrogen and oxygen atoms in total. The number of anilines is 2. The van der Waals surface area contributed by atoms with E-state index < -0.39 is 17.7 Å². The van der Waals surface area contributed by atoms with Gasteiger partial charge in [-0.2, -0.15) is 17.6 Å². The molecule has 0 bridgehead atoms. The van der Waals surface area contributed by atoms with Gasteiger partial charge in [-0.15, -0.1) is 0 Å². The second-order valence-electron chi connectivity index (χ2n) is 4.45. The zero-order chi connectivity index (χ0) is 15.7. The third kappa shape index (κ3) is 2.80. The zero-order valence-corrected chi connectivity index (χ0v) is 10.9. The molecule has 3 aromatic rings. The van der Waals surface area contributed by atoms with Gasteiger partial charge >= 0.3 is 6.18 Å². The van der Waals surface area contributed by atoms with Crippen molar-refractivity contribution in [3.05, 3.63) is 54.4 Å². The van der Waals surface area contributed by atoms with Gasteiger partial charge in [0.05, 0.1) is 17.3 Å². The van der Waals surface area contributed by atoms with Gasteiger partial charge in [-0.3, -0.25) is 0 Å². The van der Waals surface area contributed by atoms with Crippen LogP contribution in [0.1, 0.15) is 5.56 Å². The summed E-state index contributed by atoms with van der Waals surface area (Å²) in [5.41, 5.74) is -0.221. The molecule has 0 radical (unpaired) electrons. The fourth-order valence-corrected chi connectivity index (χ4v) is 1.94. The molecule has 1 N–H and O–H groups in total. The van der Waals surface area contributed by atoms with Gasteiger partial charge in [-0.25, -0.2) is 15.0 Å². The normalized spacial score (nSPS) is 11.6. The summed E-state index contributed by atoms with van der Waals surface area (Å²) >= 11 is 0. The molecule has 0 saturated heterocycles. The number of pyridine rings is 1. The molecule has 0 fully saturated rings. The molecule has 2 heterocycles. The lowest BCUT2D eigenvalue weighted by Gasteiger charge is -2.11. The summed E-state index contributed by atoms with van der Waals surface area (Å²) in [6.45, 7) is 0. The van der Waals surface area contributed by atoms with Crippen molar-refractivity contribution in [3.63, 3.8) is 0 Å². The maximum absolute atomic E-state index is 13.2. The van der Waals surface area contributed by atoms with Crippen LogP contribution in [-0.4, -0.2) is 15.0 Å². The number of hydrogen-bond acceptors (Lipinski definition) is 4. The molecule has 3 rings (SSSR count). The van der Waals surface area contributed by atoms with Crippen molar-refractivity contribution in [1.82, 2.24) is 15.0 Å². The predicted molar refractivity (Wildman–Crippen MR) is 72.0 cm³/mol. The molecule has 0 aliphatic heterocycles. The Bertz CT molecular complexity index is 832. The number of hydrogen-bond donors (Lipinski definition) is 1. The minimum Gasteiger partial charge on any atom is -0.340 e. The van der Waals surface area contributed by atoms with Crippen LogP contribution in [0.25, 0.3) is 10.9 Å². The van der Waals surface area contributed by atoms with E-state index in [0.717, 1.165) is 18.2 Å². The molecular weight excluding hydrogens is 300 g/mol. The summed E-state index contributed by atoms with van der Waals surface area (Å²) in [5.74, 6) is -0.528. The van der Waals surface area contributed by atoms with Gasteiger partial charge in [0.2, 0.25) is 5.95 Å². The zero-order valence-electron chi connectivity index (χ0n) is 10.9. The van der Waals surface area contributed by atoms with Gasteiger partial charge in [0.1, 0.15) is 12.1 Å². The molecule has 1 aromatic carbocycles. The van der Waals surface area contributed by atoms with Gasteiger partial charge in [0.15, 0.2) is 0 Å². The number of fused-ring (bicyclic) bond motifs is 1. The molecule has 112 valence electrons. The number of nitrogens with zero attached hydrogens (tertiary/aromatic N) is 3. The third-order valence-corrected chi connectivity index (χ3v) is 2.94. The van der Waals surface area contributed by atoms with E-state index in [1.807, 2.05) is 0 Å². The lowest BCUT2D eigenvalue weighted by molar-refractivity contribution is -0.137. The van der Waals surface area contributed by atoms with E-state index >= 15 is 0 Å². The second kappa shape index (κ2) is 5.21. The van der Waals surface area contributed by atoms with E-state index in [-0.39, 0.29) is 11.5 Å². The lowest BCUT2D eigenvalue weighted by Crippen LogP contribution is -2.05. The molecule has 0 saturated carbocycles. The van der Waals surface area contributed by atoms with Crippen molar-refractivity contribution in [2.45, 2.75) is 6.18 Å². The average Bonchev–Trinajstić information content (AvgIpc) is 2.47. The van der Waals surface area contributed by atoms with Gasteiger partial charge in [0, 0.05) is 17.1 Å². The van der Waals surface area contributed by atoms with Crippen LogP contribution < -0.4 is 5.32 Å². The van der Waals surface area contributed by atoms with Crippen LogP contribution in [0.2, 0.25) is 0 Å². The van der Waals surface area contributed by atoms with Crippen molar-refractivity contribution in [3.8, 4) is 0 Å². The molecule has 0 spiro atoms. The Morgan fingerprint density at radius 1 is 1.00 bits per heavy atom. The SMILES string of the molecule is Fc1cc2c(Nc3cccc(C(F)(F)F)c3)ncnc2cn1. The minimum atomic E-state index is -4.44.